The minimum absolute atomic E-state index is 0.272. The highest BCUT2D eigenvalue weighted by Gasteiger charge is 2.31. The van der Waals surface area contributed by atoms with Crippen molar-refractivity contribution in [2.45, 2.75) is 59.0 Å². The SMILES string of the molecule is CCC1CCC(C)N1CC(=O)c1cc(C)n(C)c1C. The zero-order chi connectivity index (χ0) is 14.2. The summed E-state index contributed by atoms with van der Waals surface area (Å²) in [6.07, 6.45) is 3.60. The van der Waals surface area contributed by atoms with Gasteiger partial charge in [-0.05, 0) is 46.1 Å². The molecule has 0 spiro atoms. The fourth-order valence-corrected chi connectivity index (χ4v) is 3.24. The fraction of sp³-hybridized carbons (Fsp3) is 0.688. The van der Waals surface area contributed by atoms with Crippen molar-refractivity contribution in [3.05, 3.63) is 23.0 Å². The molecular weight excluding hydrogens is 236 g/mol. The molecule has 106 valence electrons. The number of ketones is 1. The predicted octanol–water partition coefficient (Wildman–Crippen LogP) is 3.09. The molecule has 1 aromatic heterocycles. The Morgan fingerprint density at radius 3 is 2.58 bits per heavy atom. The van der Waals surface area contributed by atoms with E-state index >= 15 is 0 Å². The van der Waals surface area contributed by atoms with Gasteiger partial charge in [0.1, 0.15) is 0 Å². The first-order valence-electron chi connectivity index (χ1n) is 7.37. The molecule has 0 saturated carbocycles. The van der Waals surface area contributed by atoms with E-state index in [2.05, 4.69) is 30.2 Å². The van der Waals surface area contributed by atoms with Crippen LogP contribution in [-0.2, 0) is 7.05 Å². The quantitative estimate of drug-likeness (QED) is 0.779. The summed E-state index contributed by atoms with van der Waals surface area (Å²) in [5.74, 6) is 0.272. The Kier molecular flexibility index (Phi) is 4.14. The Bertz CT molecular complexity index is 475. The van der Waals surface area contributed by atoms with Crippen molar-refractivity contribution in [2.24, 2.45) is 7.05 Å². The Hall–Kier alpha value is -1.09. The molecule has 2 atom stereocenters. The molecule has 2 unspecified atom stereocenters. The zero-order valence-corrected chi connectivity index (χ0v) is 12.9. The van der Waals surface area contributed by atoms with Gasteiger partial charge in [-0.3, -0.25) is 9.69 Å². The molecule has 0 bridgehead atoms. The number of nitrogens with zero attached hydrogens (tertiary/aromatic N) is 2. The summed E-state index contributed by atoms with van der Waals surface area (Å²) in [5, 5.41) is 0. The minimum Gasteiger partial charge on any atom is -0.351 e. The summed E-state index contributed by atoms with van der Waals surface area (Å²) in [4.78, 5) is 14.9. The molecule has 19 heavy (non-hydrogen) atoms. The summed E-state index contributed by atoms with van der Waals surface area (Å²) in [7, 11) is 2.02. The van der Waals surface area contributed by atoms with Gasteiger partial charge in [0.05, 0.1) is 6.54 Å². The highest BCUT2D eigenvalue weighted by molar-refractivity contribution is 5.99. The molecule has 0 radical (unpaired) electrons. The van der Waals surface area contributed by atoms with Gasteiger partial charge in [-0.1, -0.05) is 6.92 Å². The van der Waals surface area contributed by atoms with E-state index in [4.69, 9.17) is 0 Å². The largest absolute Gasteiger partial charge is 0.351 e. The lowest BCUT2D eigenvalue weighted by atomic mass is 10.1. The number of Topliss-reactive ketones (excluding diaryl/α,β-unsaturated/α-hetero) is 1. The molecule has 1 aromatic rings. The zero-order valence-electron chi connectivity index (χ0n) is 12.9. The van der Waals surface area contributed by atoms with Crippen LogP contribution in [0.4, 0.5) is 0 Å². The second-order valence-electron chi connectivity index (χ2n) is 5.93. The topological polar surface area (TPSA) is 25.2 Å². The maximum atomic E-state index is 12.5. The molecule has 1 aliphatic rings. The summed E-state index contributed by atoms with van der Waals surface area (Å²) in [6, 6.07) is 3.15. The molecule has 0 amide bonds. The van der Waals surface area contributed by atoms with Crippen molar-refractivity contribution in [1.82, 2.24) is 9.47 Å². The van der Waals surface area contributed by atoms with Crippen LogP contribution in [0, 0.1) is 13.8 Å². The Labute approximate surface area is 116 Å². The van der Waals surface area contributed by atoms with Crippen LogP contribution < -0.4 is 0 Å². The Morgan fingerprint density at radius 2 is 2.05 bits per heavy atom. The number of hydrogen-bond acceptors (Lipinski definition) is 2. The van der Waals surface area contributed by atoms with Crippen molar-refractivity contribution in [1.29, 1.82) is 0 Å². The van der Waals surface area contributed by atoms with Crippen LogP contribution in [0.5, 0.6) is 0 Å². The van der Waals surface area contributed by atoms with Crippen LogP contribution in [0.15, 0.2) is 6.07 Å². The lowest BCUT2D eigenvalue weighted by Crippen LogP contribution is -2.38. The summed E-state index contributed by atoms with van der Waals surface area (Å²) in [5.41, 5.74) is 3.14. The molecule has 0 aliphatic carbocycles. The van der Waals surface area contributed by atoms with Crippen molar-refractivity contribution >= 4 is 5.78 Å². The average Bonchev–Trinajstić information content (AvgIpc) is 2.85. The van der Waals surface area contributed by atoms with Crippen LogP contribution >= 0.6 is 0 Å². The molecule has 3 nitrogen and oxygen atoms in total. The van der Waals surface area contributed by atoms with Crippen molar-refractivity contribution in [2.75, 3.05) is 6.54 Å². The van der Waals surface area contributed by atoms with Crippen LogP contribution in [0.2, 0.25) is 0 Å². The van der Waals surface area contributed by atoms with E-state index in [1.54, 1.807) is 0 Å². The van der Waals surface area contributed by atoms with E-state index < -0.39 is 0 Å². The molecule has 2 rings (SSSR count). The third-order valence-electron chi connectivity index (χ3n) is 4.83. The predicted molar refractivity (Wildman–Crippen MR) is 78.7 cm³/mol. The van der Waals surface area contributed by atoms with Crippen molar-refractivity contribution in [3.63, 3.8) is 0 Å². The second-order valence-corrected chi connectivity index (χ2v) is 5.93. The van der Waals surface area contributed by atoms with Crippen LogP contribution in [-0.4, -0.2) is 33.9 Å². The maximum Gasteiger partial charge on any atom is 0.178 e. The third kappa shape index (κ3) is 2.62. The molecule has 1 aliphatic heterocycles. The van der Waals surface area contributed by atoms with E-state index in [0.29, 0.717) is 18.6 Å². The Balaban J connectivity index is 2.14. The molecule has 0 aromatic carbocycles. The smallest absolute Gasteiger partial charge is 0.178 e. The Morgan fingerprint density at radius 1 is 1.37 bits per heavy atom. The van der Waals surface area contributed by atoms with Gasteiger partial charge < -0.3 is 4.57 Å². The summed E-state index contributed by atoms with van der Waals surface area (Å²) < 4.78 is 2.10. The van der Waals surface area contributed by atoms with Gasteiger partial charge in [-0.2, -0.15) is 0 Å². The standard InChI is InChI=1S/C16H26N2O/c1-6-14-8-7-11(2)18(14)10-16(19)15-9-12(3)17(5)13(15)4/h9,11,14H,6-8,10H2,1-5H3. The van der Waals surface area contributed by atoms with Crippen LogP contribution in [0.1, 0.15) is 54.9 Å². The van der Waals surface area contributed by atoms with Gasteiger partial charge in [-0.15, -0.1) is 0 Å². The van der Waals surface area contributed by atoms with Gasteiger partial charge in [-0.25, -0.2) is 0 Å². The van der Waals surface area contributed by atoms with Gasteiger partial charge in [0, 0.05) is 36.1 Å². The number of carbonyl (C=O) groups excluding carboxylic acids is 1. The van der Waals surface area contributed by atoms with Gasteiger partial charge in [0.15, 0.2) is 5.78 Å². The summed E-state index contributed by atoms with van der Waals surface area (Å²) in [6.45, 7) is 9.12. The minimum atomic E-state index is 0.272. The highest BCUT2D eigenvalue weighted by Crippen LogP contribution is 2.26. The second kappa shape index (κ2) is 5.49. The first-order valence-corrected chi connectivity index (χ1v) is 7.37. The van der Waals surface area contributed by atoms with E-state index in [0.717, 1.165) is 23.4 Å². The molecule has 1 fully saturated rings. The fourth-order valence-electron chi connectivity index (χ4n) is 3.24. The maximum absolute atomic E-state index is 12.5. The lowest BCUT2D eigenvalue weighted by Gasteiger charge is -2.26. The van der Waals surface area contributed by atoms with Crippen molar-refractivity contribution in [3.8, 4) is 0 Å². The highest BCUT2D eigenvalue weighted by atomic mass is 16.1. The number of aryl methyl sites for hydroxylation is 1. The van der Waals surface area contributed by atoms with Gasteiger partial charge >= 0.3 is 0 Å². The molecule has 2 heterocycles. The molecule has 1 saturated heterocycles. The average molecular weight is 262 g/mol. The molecular formula is C16H26N2O. The van der Waals surface area contributed by atoms with E-state index in [1.165, 1.54) is 12.8 Å². The van der Waals surface area contributed by atoms with Crippen molar-refractivity contribution < 1.29 is 4.79 Å². The lowest BCUT2D eigenvalue weighted by molar-refractivity contribution is 0.0888. The van der Waals surface area contributed by atoms with E-state index in [9.17, 15) is 4.79 Å². The van der Waals surface area contributed by atoms with Crippen LogP contribution in [0.25, 0.3) is 0 Å². The normalized spacial score (nSPS) is 24.1. The number of rotatable bonds is 4. The molecule has 0 N–H and O–H groups in total. The van der Waals surface area contributed by atoms with E-state index in [1.807, 2.05) is 20.0 Å². The number of likely N-dealkylation sites (tertiary alicyclic amines) is 1. The first-order chi connectivity index (χ1) is 8.95. The number of carbonyl (C=O) groups is 1. The van der Waals surface area contributed by atoms with Gasteiger partial charge in [0.2, 0.25) is 0 Å². The molecule has 3 heteroatoms. The third-order valence-corrected chi connectivity index (χ3v) is 4.83. The van der Waals surface area contributed by atoms with Crippen LogP contribution in [0.3, 0.4) is 0 Å². The van der Waals surface area contributed by atoms with Gasteiger partial charge in [0.25, 0.3) is 0 Å². The summed E-state index contributed by atoms with van der Waals surface area (Å²) >= 11 is 0. The monoisotopic (exact) mass is 262 g/mol. The number of hydrogen-bond donors (Lipinski definition) is 0. The number of aromatic nitrogens is 1. The first kappa shape index (κ1) is 14.3. The van der Waals surface area contributed by atoms with E-state index in [-0.39, 0.29) is 5.78 Å².